The first kappa shape index (κ1) is 57.5. The van der Waals surface area contributed by atoms with Crippen LogP contribution in [0.1, 0.15) is 93.3 Å². The molecule has 2 aliphatic rings. The van der Waals surface area contributed by atoms with E-state index in [9.17, 15) is 19.2 Å². The lowest BCUT2D eigenvalue weighted by molar-refractivity contribution is -0.115. The molecule has 0 radical (unpaired) electrons. The molecular weight excluding hydrogens is 1030 g/mol. The van der Waals surface area contributed by atoms with Gasteiger partial charge in [-0.1, -0.05) is 24.3 Å². The van der Waals surface area contributed by atoms with Gasteiger partial charge >= 0.3 is 5.97 Å². The van der Waals surface area contributed by atoms with E-state index in [1.807, 2.05) is 67.3 Å². The number of carbonyl (C=O) groups is 4. The molecule has 8 aromatic rings. The Morgan fingerprint density at radius 3 is 1.52 bits per heavy atom. The van der Waals surface area contributed by atoms with E-state index < -0.39 is 5.97 Å². The topological polar surface area (TPSA) is 200 Å². The highest BCUT2D eigenvalue weighted by Gasteiger charge is 2.30. The molecule has 13 nitrogen and oxygen atoms in total. The van der Waals surface area contributed by atoms with Gasteiger partial charge in [0.25, 0.3) is 5.91 Å². The average Bonchev–Trinajstić information content (AvgIpc) is 4.17. The van der Waals surface area contributed by atoms with Crippen molar-refractivity contribution in [3.05, 3.63) is 177 Å². The number of pyridine rings is 2. The standard InChI is InChI=1S/C32H33N3O3S.C26H22N2O3S.C6H13NO/c1-21-16-25(23-6-8-24(9-7-23)31(37)35-14-15-38-32(2,3)20-35)17-26-18-28(39-30(21)26)12-11-27(36)10-4-22-5-13-29(33)34-19-22;1-16-12-20(18-4-6-19(7-5-18)26(30)31)13-21-14-23(32-25(16)21)10-9-22(29)8-2-17-3-11-24(27)28-15-17;1-6(2)5-7-3-4-8-6/h4-10,13,16-19H,11-12,14-15,20H2,1-3H3,(H2,33,34);2-8,11-15H,9-10H2,1H3,(H2,27,28)(H,30,31);7H,3-5H2,1-2H3/b10-4+;8-2+;. The van der Waals surface area contributed by atoms with Crippen molar-refractivity contribution in [1.29, 1.82) is 0 Å². The molecule has 10 rings (SSSR count). The number of ketones is 2. The second kappa shape index (κ2) is 25.9. The van der Waals surface area contributed by atoms with Gasteiger partial charge in [0, 0.05) is 76.1 Å². The number of thiophene rings is 2. The van der Waals surface area contributed by atoms with E-state index >= 15 is 0 Å². The molecule has 2 fully saturated rings. The maximum atomic E-state index is 13.0. The Morgan fingerprint density at radius 2 is 1.11 bits per heavy atom. The molecule has 6 heterocycles. The molecule has 4 aromatic heterocycles. The Labute approximate surface area is 470 Å². The number of anilines is 2. The number of allylic oxidation sites excluding steroid dienone is 2. The van der Waals surface area contributed by atoms with Crippen LogP contribution in [0.3, 0.4) is 0 Å². The fourth-order valence-electron chi connectivity index (χ4n) is 9.23. The number of amides is 1. The van der Waals surface area contributed by atoms with Gasteiger partial charge in [-0.15, -0.1) is 22.7 Å². The Hall–Kier alpha value is -7.66. The number of morpholine rings is 2. The number of fused-ring (bicyclic) bond motifs is 2. The van der Waals surface area contributed by atoms with Gasteiger partial charge in [0.1, 0.15) is 11.6 Å². The summed E-state index contributed by atoms with van der Waals surface area (Å²) < 4.78 is 13.6. The fraction of sp³-hybridized carbons (Fsp3) is 0.281. The number of aromatic nitrogens is 2. The van der Waals surface area contributed by atoms with Gasteiger partial charge in [0.15, 0.2) is 11.6 Å². The number of hydrogen-bond donors (Lipinski definition) is 4. The number of nitrogens with one attached hydrogen (secondary N) is 1. The number of nitrogen functional groups attached to an aromatic ring is 2. The molecule has 2 saturated heterocycles. The molecule has 0 bridgehead atoms. The Bertz CT molecular complexity index is 3500. The van der Waals surface area contributed by atoms with Gasteiger partial charge < -0.3 is 36.3 Å². The van der Waals surface area contributed by atoms with Crippen LogP contribution in [0.5, 0.6) is 0 Å². The highest BCUT2D eigenvalue weighted by molar-refractivity contribution is 7.19. The van der Waals surface area contributed by atoms with E-state index in [1.165, 1.54) is 25.2 Å². The van der Waals surface area contributed by atoms with E-state index in [1.54, 1.807) is 83.6 Å². The largest absolute Gasteiger partial charge is 0.478 e. The number of nitrogens with zero attached hydrogens (tertiary/aromatic N) is 3. The zero-order chi connectivity index (χ0) is 56.3. The molecule has 1 amide bonds. The van der Waals surface area contributed by atoms with Crippen LogP contribution < -0.4 is 16.8 Å². The predicted octanol–water partition coefficient (Wildman–Crippen LogP) is 12.5. The van der Waals surface area contributed by atoms with Crippen LogP contribution in [0.2, 0.25) is 0 Å². The molecule has 6 N–H and O–H groups in total. The molecule has 0 saturated carbocycles. The van der Waals surface area contributed by atoms with Crippen LogP contribution in [0.15, 0.2) is 134 Å². The third-order valence-corrected chi connectivity index (χ3v) is 16.1. The first-order chi connectivity index (χ1) is 37.8. The summed E-state index contributed by atoms with van der Waals surface area (Å²) in [6.45, 7) is 17.0. The summed E-state index contributed by atoms with van der Waals surface area (Å²) in [6, 6.07) is 34.8. The average molecular weight is 1100 g/mol. The van der Waals surface area contributed by atoms with Crippen LogP contribution in [-0.2, 0) is 31.9 Å². The summed E-state index contributed by atoms with van der Waals surface area (Å²) in [7, 11) is 0. The van der Waals surface area contributed by atoms with Crippen molar-refractivity contribution in [1.82, 2.24) is 20.2 Å². The minimum absolute atomic E-state index is 0.0431. The summed E-state index contributed by atoms with van der Waals surface area (Å²) in [5.41, 5.74) is 20.2. The maximum absolute atomic E-state index is 13.0. The number of benzene rings is 4. The van der Waals surface area contributed by atoms with Crippen LogP contribution in [-0.4, -0.2) is 94.0 Å². The van der Waals surface area contributed by atoms with Crippen molar-refractivity contribution in [3.8, 4) is 22.3 Å². The third-order valence-electron chi connectivity index (χ3n) is 13.4. The van der Waals surface area contributed by atoms with E-state index in [0.29, 0.717) is 62.6 Å². The van der Waals surface area contributed by atoms with Crippen molar-refractivity contribution in [3.63, 3.8) is 0 Å². The first-order valence-corrected chi connectivity index (χ1v) is 28.0. The molecule has 0 aliphatic carbocycles. The minimum atomic E-state index is -0.930. The Balaban J connectivity index is 0.000000185. The second-order valence-corrected chi connectivity index (χ2v) is 23.3. The van der Waals surface area contributed by atoms with E-state index in [2.05, 4.69) is 79.4 Å². The molecule has 2 aliphatic heterocycles. The smallest absolute Gasteiger partial charge is 0.335 e. The van der Waals surface area contributed by atoms with Gasteiger partial charge in [-0.3, -0.25) is 14.4 Å². The van der Waals surface area contributed by atoms with Gasteiger partial charge in [0.05, 0.1) is 30.0 Å². The predicted molar refractivity (Wildman–Crippen MR) is 322 cm³/mol. The van der Waals surface area contributed by atoms with E-state index in [4.69, 9.17) is 26.0 Å². The highest BCUT2D eigenvalue weighted by Crippen LogP contribution is 2.36. The van der Waals surface area contributed by atoms with Crippen LogP contribution in [0, 0.1) is 13.8 Å². The fourth-order valence-corrected chi connectivity index (χ4v) is 11.5. The van der Waals surface area contributed by atoms with Crippen molar-refractivity contribution in [2.24, 2.45) is 0 Å². The van der Waals surface area contributed by atoms with Gasteiger partial charge in [0.2, 0.25) is 0 Å². The van der Waals surface area contributed by atoms with E-state index in [0.717, 1.165) is 68.9 Å². The van der Waals surface area contributed by atoms with Gasteiger partial charge in [-0.2, -0.15) is 0 Å². The molecule has 15 heteroatoms. The lowest BCUT2D eigenvalue weighted by atomic mass is 9.99. The monoisotopic (exact) mass is 1100 g/mol. The summed E-state index contributed by atoms with van der Waals surface area (Å²) >= 11 is 3.46. The molecule has 0 unspecified atom stereocenters. The van der Waals surface area contributed by atoms with Crippen LogP contribution in [0.4, 0.5) is 11.6 Å². The van der Waals surface area contributed by atoms with Crippen molar-refractivity contribution < 1.29 is 33.8 Å². The number of carboxylic acid groups (broad SMARTS) is 1. The second-order valence-electron chi connectivity index (χ2n) is 21.1. The van der Waals surface area contributed by atoms with Crippen molar-refractivity contribution in [2.75, 3.05) is 50.9 Å². The Morgan fingerprint density at radius 1 is 0.633 bits per heavy atom. The third kappa shape index (κ3) is 16.2. The lowest BCUT2D eigenvalue weighted by Gasteiger charge is -2.38. The number of nitrogens with two attached hydrogens (primary N) is 2. The summed E-state index contributed by atoms with van der Waals surface area (Å²) in [5, 5.41) is 14.7. The molecule has 0 spiro atoms. The molecular formula is C64H68N6O7S2. The number of carbonyl (C=O) groups excluding carboxylic acids is 3. The quantitative estimate of drug-likeness (QED) is 0.0752. The first-order valence-electron chi connectivity index (χ1n) is 26.4. The van der Waals surface area contributed by atoms with Crippen molar-refractivity contribution >= 4 is 90.1 Å². The molecule has 0 atom stereocenters. The number of carboxylic acids is 1. The summed E-state index contributed by atoms with van der Waals surface area (Å²) in [4.78, 5) is 61.1. The molecule has 4 aromatic carbocycles. The van der Waals surface area contributed by atoms with Crippen LogP contribution in [0.25, 0.3) is 54.6 Å². The number of aromatic carboxylic acids is 1. The van der Waals surface area contributed by atoms with Gasteiger partial charge in [-0.25, -0.2) is 14.8 Å². The number of rotatable bonds is 14. The number of aryl methyl sites for hydroxylation is 4. The number of ether oxygens (including phenoxy) is 2. The number of hydrogen-bond acceptors (Lipinski definition) is 13. The zero-order valence-corrected chi connectivity index (χ0v) is 47.3. The van der Waals surface area contributed by atoms with Gasteiger partial charge in [-0.05, 0) is 219 Å². The van der Waals surface area contributed by atoms with Crippen molar-refractivity contribution in [2.45, 2.75) is 78.4 Å². The Kier molecular flexibility index (Phi) is 18.8. The lowest BCUT2D eigenvalue weighted by Crippen LogP contribution is -2.50. The van der Waals surface area contributed by atoms with Crippen LogP contribution >= 0.6 is 22.7 Å². The van der Waals surface area contributed by atoms with E-state index in [-0.39, 0.29) is 34.2 Å². The SMILES string of the molecule is CC1(C)CNCCO1.Cc1cc(-c2ccc(C(=O)N3CCOC(C)(C)C3)cc2)cc2cc(CCC(=O)/C=C/c3ccc(N)nc3)sc12.Cc1cc(-c2ccc(C(=O)O)cc2)cc2cc(CCC(=O)/C=C/c3ccc(N)nc3)sc12. The normalized spacial score (nSPS) is 14.9. The molecule has 79 heavy (non-hydrogen) atoms. The maximum Gasteiger partial charge on any atom is 0.335 e. The summed E-state index contributed by atoms with van der Waals surface area (Å²) in [6.07, 6.45) is 12.3. The zero-order valence-electron chi connectivity index (χ0n) is 45.6. The minimum Gasteiger partial charge on any atom is -0.478 e. The summed E-state index contributed by atoms with van der Waals surface area (Å²) in [5.74, 6) is 0.171. The molecule has 408 valence electrons. The highest BCUT2D eigenvalue weighted by atomic mass is 32.1.